The molecule has 0 radical (unpaired) electrons. The number of ketones is 1. The van der Waals surface area contributed by atoms with E-state index >= 15 is 0 Å². The molecule has 1 aromatic heterocycles. The third-order valence-electron chi connectivity index (χ3n) is 5.63. The van der Waals surface area contributed by atoms with Gasteiger partial charge < -0.3 is 4.90 Å². The lowest BCUT2D eigenvalue weighted by molar-refractivity contribution is -0.134. The van der Waals surface area contributed by atoms with Crippen molar-refractivity contribution in [2.24, 2.45) is 0 Å². The van der Waals surface area contributed by atoms with Crippen molar-refractivity contribution in [2.45, 2.75) is 50.5 Å². The minimum Gasteiger partial charge on any atom is -0.335 e. The Morgan fingerprint density at radius 3 is 2.53 bits per heavy atom. The summed E-state index contributed by atoms with van der Waals surface area (Å²) < 4.78 is 26.8. The van der Waals surface area contributed by atoms with Gasteiger partial charge in [0.25, 0.3) is 0 Å². The van der Waals surface area contributed by atoms with Gasteiger partial charge in [-0.25, -0.2) is 12.7 Å². The van der Waals surface area contributed by atoms with Crippen molar-refractivity contribution < 1.29 is 18.0 Å². The Morgan fingerprint density at radius 1 is 1.20 bits per heavy atom. The number of thiophene rings is 1. The summed E-state index contributed by atoms with van der Waals surface area (Å²) in [5, 5.41) is 2.09. The van der Waals surface area contributed by atoms with E-state index in [0.29, 0.717) is 18.4 Å². The maximum absolute atomic E-state index is 12.8. The van der Waals surface area contributed by atoms with Gasteiger partial charge in [-0.05, 0) is 55.3 Å². The normalized spacial score (nSPS) is 16.5. The molecule has 162 valence electrons. The molecule has 0 saturated carbocycles. The second kappa shape index (κ2) is 9.41. The van der Waals surface area contributed by atoms with E-state index in [1.54, 1.807) is 11.3 Å². The van der Waals surface area contributed by atoms with Crippen LogP contribution in [0.1, 0.15) is 60.0 Å². The first-order valence-electron chi connectivity index (χ1n) is 10.2. The van der Waals surface area contributed by atoms with E-state index in [2.05, 4.69) is 18.4 Å². The number of sulfonamides is 1. The van der Waals surface area contributed by atoms with Crippen LogP contribution in [0, 0.1) is 0 Å². The fraction of sp³-hybridized carbons (Fsp3) is 0.455. The zero-order valence-corrected chi connectivity index (χ0v) is 19.3. The van der Waals surface area contributed by atoms with E-state index in [0.717, 1.165) is 19.4 Å². The second-order valence-electron chi connectivity index (χ2n) is 7.57. The van der Waals surface area contributed by atoms with E-state index < -0.39 is 10.0 Å². The van der Waals surface area contributed by atoms with Gasteiger partial charge >= 0.3 is 0 Å². The number of rotatable bonds is 8. The number of hydrogen-bond acceptors (Lipinski definition) is 5. The molecule has 1 amide bonds. The number of carbonyl (C=O) groups is 2. The van der Waals surface area contributed by atoms with Gasteiger partial charge in [-0.1, -0.05) is 19.1 Å². The topological polar surface area (TPSA) is 74.8 Å². The molecular weight excluding hydrogens is 420 g/mol. The lowest BCUT2D eigenvalue weighted by atomic mass is 9.97. The molecule has 0 spiro atoms. The Labute approximate surface area is 182 Å². The number of benzene rings is 1. The highest BCUT2D eigenvalue weighted by atomic mass is 32.2. The molecule has 0 N–H and O–H groups in total. The van der Waals surface area contributed by atoms with Crippen LogP contribution in [-0.2, 0) is 21.2 Å². The molecule has 0 fully saturated rings. The molecule has 1 unspecified atom stereocenters. The second-order valence-corrected chi connectivity index (χ2v) is 10.6. The summed E-state index contributed by atoms with van der Waals surface area (Å²) in [5.41, 5.74) is 1.73. The van der Waals surface area contributed by atoms with Crippen LogP contribution in [0.25, 0.3) is 0 Å². The summed E-state index contributed by atoms with van der Waals surface area (Å²) in [6.45, 7) is 4.52. The lowest BCUT2D eigenvalue weighted by Gasteiger charge is -2.35. The highest BCUT2D eigenvalue weighted by Gasteiger charge is 2.30. The standard InChI is InChI=1S/C22H28N2O4S2/c1-4-20-19-12-15-29-21(19)11-14-24(20)22(26)6-5-13-23(3)30(27,28)18-9-7-17(8-10-18)16(2)25/h7-10,12,15,20H,4-6,11,13-14H2,1-3H3. The van der Waals surface area contributed by atoms with Crippen LogP contribution >= 0.6 is 11.3 Å². The highest BCUT2D eigenvalue weighted by Crippen LogP contribution is 2.35. The summed E-state index contributed by atoms with van der Waals surface area (Å²) >= 11 is 1.75. The van der Waals surface area contributed by atoms with E-state index in [9.17, 15) is 18.0 Å². The SMILES string of the molecule is CCC1c2ccsc2CCN1C(=O)CCCN(C)S(=O)(=O)c1ccc(C(C)=O)cc1. The summed E-state index contributed by atoms with van der Waals surface area (Å²) in [7, 11) is -2.13. The number of hydrogen-bond donors (Lipinski definition) is 0. The first-order chi connectivity index (χ1) is 14.3. The first-order valence-corrected chi connectivity index (χ1v) is 12.5. The number of Topliss-reactive ketones (excluding diaryl/α,β-unsaturated/α-hetero) is 1. The van der Waals surface area contributed by atoms with Gasteiger partial charge in [0.05, 0.1) is 10.9 Å². The number of fused-ring (bicyclic) bond motifs is 1. The molecule has 1 aliphatic rings. The van der Waals surface area contributed by atoms with Crippen LogP contribution in [0.15, 0.2) is 40.6 Å². The van der Waals surface area contributed by atoms with Gasteiger partial charge in [0.1, 0.15) is 0 Å². The molecule has 1 aliphatic heterocycles. The average molecular weight is 449 g/mol. The first kappa shape index (κ1) is 22.7. The van der Waals surface area contributed by atoms with Crippen molar-refractivity contribution in [1.29, 1.82) is 0 Å². The van der Waals surface area contributed by atoms with Crippen molar-refractivity contribution in [2.75, 3.05) is 20.1 Å². The lowest BCUT2D eigenvalue weighted by Crippen LogP contribution is -2.39. The van der Waals surface area contributed by atoms with Crippen LogP contribution in [0.2, 0.25) is 0 Å². The minimum atomic E-state index is -3.65. The average Bonchev–Trinajstić information content (AvgIpc) is 3.21. The molecule has 0 bridgehead atoms. The fourth-order valence-electron chi connectivity index (χ4n) is 3.89. The van der Waals surface area contributed by atoms with Crippen molar-refractivity contribution in [3.8, 4) is 0 Å². The number of amides is 1. The molecule has 2 heterocycles. The smallest absolute Gasteiger partial charge is 0.242 e. The van der Waals surface area contributed by atoms with Crippen molar-refractivity contribution in [3.63, 3.8) is 0 Å². The third-order valence-corrected chi connectivity index (χ3v) is 8.50. The predicted molar refractivity (Wildman–Crippen MR) is 118 cm³/mol. The number of nitrogens with zero attached hydrogens (tertiary/aromatic N) is 2. The van der Waals surface area contributed by atoms with Crippen LogP contribution in [0.3, 0.4) is 0 Å². The largest absolute Gasteiger partial charge is 0.335 e. The van der Waals surface area contributed by atoms with Crippen molar-refractivity contribution in [1.82, 2.24) is 9.21 Å². The van der Waals surface area contributed by atoms with Crippen molar-refractivity contribution >= 4 is 33.1 Å². The zero-order valence-electron chi connectivity index (χ0n) is 17.6. The van der Waals surface area contributed by atoms with Gasteiger partial charge in [-0.2, -0.15) is 0 Å². The molecular formula is C22H28N2O4S2. The Balaban J connectivity index is 1.57. The van der Waals surface area contributed by atoms with E-state index in [-0.39, 0.29) is 29.2 Å². The Hall–Kier alpha value is -2.03. The maximum atomic E-state index is 12.8. The monoisotopic (exact) mass is 448 g/mol. The van der Waals surface area contributed by atoms with Crippen LogP contribution in [0.5, 0.6) is 0 Å². The minimum absolute atomic E-state index is 0.0790. The molecule has 0 aliphatic carbocycles. The third kappa shape index (κ3) is 4.66. The molecule has 1 atom stereocenters. The van der Waals surface area contributed by atoms with Crippen LogP contribution < -0.4 is 0 Å². The van der Waals surface area contributed by atoms with Gasteiger partial charge in [0, 0.05) is 37.0 Å². The summed E-state index contributed by atoms with van der Waals surface area (Å²) in [6, 6.07) is 8.18. The molecule has 8 heteroatoms. The van der Waals surface area contributed by atoms with E-state index in [1.165, 1.54) is 53.0 Å². The predicted octanol–water partition coefficient (Wildman–Crippen LogP) is 3.89. The Bertz CT molecular complexity index is 1010. The number of carbonyl (C=O) groups excluding carboxylic acids is 2. The van der Waals surface area contributed by atoms with Crippen LogP contribution in [-0.4, -0.2) is 49.5 Å². The summed E-state index contributed by atoms with van der Waals surface area (Å²) in [6.07, 6.45) is 2.54. The summed E-state index contributed by atoms with van der Waals surface area (Å²) in [4.78, 5) is 27.7. The van der Waals surface area contributed by atoms with Gasteiger partial charge in [0.15, 0.2) is 5.78 Å². The molecule has 6 nitrogen and oxygen atoms in total. The van der Waals surface area contributed by atoms with Crippen molar-refractivity contribution in [3.05, 3.63) is 51.7 Å². The quantitative estimate of drug-likeness (QED) is 0.574. The Morgan fingerprint density at radius 2 is 1.90 bits per heavy atom. The van der Waals surface area contributed by atoms with Gasteiger partial charge in [-0.15, -0.1) is 11.3 Å². The van der Waals surface area contributed by atoms with Gasteiger partial charge in [0.2, 0.25) is 15.9 Å². The Kier molecular flexibility index (Phi) is 7.10. The zero-order chi connectivity index (χ0) is 21.9. The molecule has 0 saturated heterocycles. The molecule has 1 aromatic carbocycles. The summed E-state index contributed by atoms with van der Waals surface area (Å²) in [5.74, 6) is -0.0289. The van der Waals surface area contributed by atoms with E-state index in [1.807, 2.05) is 4.90 Å². The molecule has 30 heavy (non-hydrogen) atoms. The van der Waals surface area contributed by atoms with E-state index in [4.69, 9.17) is 0 Å². The van der Waals surface area contributed by atoms with Gasteiger partial charge in [-0.3, -0.25) is 9.59 Å². The maximum Gasteiger partial charge on any atom is 0.242 e. The molecule has 2 aromatic rings. The highest BCUT2D eigenvalue weighted by molar-refractivity contribution is 7.89. The fourth-order valence-corrected chi connectivity index (χ4v) is 6.03. The molecule has 3 rings (SSSR count). The van der Waals surface area contributed by atoms with Crippen LogP contribution in [0.4, 0.5) is 0 Å².